The van der Waals surface area contributed by atoms with Crippen molar-refractivity contribution in [2.75, 3.05) is 19.7 Å². The minimum Gasteiger partial charge on any atom is -0.665 e. The largest absolute Gasteiger partial charge is 3.00 e. The summed E-state index contributed by atoms with van der Waals surface area (Å²) >= 11 is 0. The molecule has 4 heterocycles. The van der Waals surface area contributed by atoms with Gasteiger partial charge in [0.25, 0.3) is 0 Å². The van der Waals surface area contributed by atoms with E-state index in [0.29, 0.717) is 0 Å². The van der Waals surface area contributed by atoms with Gasteiger partial charge in [0.15, 0.2) is 0 Å². The normalized spacial score (nSPS) is 11.9. The average Bonchev–Trinajstić information content (AvgIpc) is 3.02. The molecule has 0 unspecified atom stereocenters. The van der Waals surface area contributed by atoms with Gasteiger partial charge in [-0.25, -0.2) is 0 Å². The number of rotatable bonds is 2. The molecule has 0 saturated heterocycles. The number of carboxylic acid groups (broad SMARTS) is 2. The maximum Gasteiger partial charge on any atom is 3.00 e. The number of carbonyl (C=O) groups excluding carboxylic acids is 2. The molecule has 2 aromatic carbocycles. The van der Waals surface area contributed by atoms with Crippen LogP contribution in [-0.4, -0.2) is 47.7 Å². The van der Waals surface area contributed by atoms with Crippen LogP contribution in [0.4, 0.5) is 22.7 Å². The number of hydrogen-bond donors (Lipinski definition) is 3. The van der Waals surface area contributed by atoms with Crippen LogP contribution >= 0.6 is 0 Å². The van der Waals surface area contributed by atoms with E-state index in [1.54, 1.807) is 31.7 Å². The number of aliphatic hydroxyl groups excluding tert-OH is 1. The first-order valence-electron chi connectivity index (χ1n) is 12.6. The number of hydrogen-bond acceptors (Lipinski definition) is 5. The fraction of sp³-hybridized carbons (Fsp3) is 0.133. The Morgan fingerprint density at radius 2 is 0.795 bits per heavy atom. The maximum absolute atomic E-state index is 9.19. The van der Waals surface area contributed by atoms with Crippen LogP contribution in [0.1, 0.15) is 6.92 Å². The number of benzene rings is 2. The van der Waals surface area contributed by atoms with E-state index in [1.165, 1.54) is 0 Å². The monoisotopic (exact) mass is 731 g/mol. The van der Waals surface area contributed by atoms with E-state index in [9.17, 15) is 19.8 Å². The summed E-state index contributed by atoms with van der Waals surface area (Å²) in [4.78, 5) is 18.4. The Bertz CT molecular complexity index is 1370. The Balaban J connectivity index is 0. The smallest absolute Gasteiger partial charge is 0.665 e. The third-order valence-corrected chi connectivity index (χ3v) is 5.10. The van der Waals surface area contributed by atoms with Gasteiger partial charge in [-0.05, 0) is 27.8 Å². The second kappa shape index (κ2) is 23.5. The molecular formula is C30H36LaN6O7-. The van der Waals surface area contributed by atoms with Gasteiger partial charge in [0.2, 0.25) is 0 Å². The van der Waals surface area contributed by atoms with Crippen molar-refractivity contribution in [1.82, 2.24) is 0 Å². The van der Waals surface area contributed by atoms with E-state index in [-0.39, 0.29) is 66.2 Å². The van der Waals surface area contributed by atoms with Crippen LogP contribution in [0.5, 0.6) is 0 Å². The summed E-state index contributed by atoms with van der Waals surface area (Å²) < 4.78 is 0. The van der Waals surface area contributed by atoms with E-state index < -0.39 is 11.9 Å². The van der Waals surface area contributed by atoms with E-state index in [2.05, 4.69) is 81.3 Å². The third-order valence-electron chi connectivity index (χ3n) is 5.10. The molecule has 0 bridgehead atoms. The van der Waals surface area contributed by atoms with Gasteiger partial charge in [0.05, 0.1) is 11.9 Å². The number of nitrogens with zero attached hydrogens (tertiary/aromatic N) is 4. The number of fused-ring (bicyclic) bond motifs is 6. The molecule has 0 spiro atoms. The molecule has 0 fully saturated rings. The molecule has 14 heteroatoms. The van der Waals surface area contributed by atoms with E-state index in [0.717, 1.165) is 43.6 Å². The fourth-order valence-electron chi connectivity index (χ4n) is 3.36. The minimum absolute atomic E-state index is 0. The minimum atomic E-state index is -1.11. The molecule has 13 nitrogen and oxygen atoms in total. The van der Waals surface area contributed by atoms with Gasteiger partial charge in [-0.3, -0.25) is 0 Å². The molecule has 0 aromatic heterocycles. The molecule has 0 amide bonds. The van der Waals surface area contributed by atoms with Gasteiger partial charge in [-0.1, -0.05) is 72.9 Å². The molecule has 11 N–H and O–H groups in total. The third kappa shape index (κ3) is 13.5. The summed E-state index contributed by atoms with van der Waals surface area (Å²) in [6.07, 6.45) is 23.2. The average molecular weight is 732 g/mol. The van der Waals surface area contributed by atoms with Gasteiger partial charge in [0.1, 0.15) is 13.1 Å². The molecule has 0 radical (unpaired) electrons. The van der Waals surface area contributed by atoms with Gasteiger partial charge in [-0.2, -0.15) is 24.8 Å². The summed E-state index contributed by atoms with van der Waals surface area (Å²) in [7, 11) is 0. The number of aliphatic carboxylic acids is 2. The molecule has 4 aliphatic heterocycles. The summed E-state index contributed by atoms with van der Waals surface area (Å²) in [5.41, 5.74) is 9.96. The summed E-state index contributed by atoms with van der Waals surface area (Å²) in [6, 6.07) is 8.30. The van der Waals surface area contributed by atoms with E-state index >= 15 is 0 Å². The zero-order valence-electron chi connectivity index (χ0n) is 24.2. The molecule has 2 aromatic rings. The zero-order valence-corrected chi connectivity index (χ0v) is 27.8. The van der Waals surface area contributed by atoms with Crippen LogP contribution in [-0.2, 0) is 9.59 Å². The van der Waals surface area contributed by atoms with Gasteiger partial charge >= 0.3 is 35.6 Å². The standard InChI is InChI=1S/2C12H8N2.2C2H5NO2.C2H6O.La.2H2O/c2*1-3-9-5-6-10-4-2-8-14-12(10)11(9)13-7-1;2*3-1-2(4)5;1-2-3;;;/h2*1-8H;2*1,3H2,(H,4,5);3H,2H2,1H3;;2*1H2/q2*-2;;;;+3;;. The van der Waals surface area contributed by atoms with E-state index in [4.69, 9.17) is 5.11 Å². The first-order chi connectivity index (χ1) is 19.9. The van der Waals surface area contributed by atoms with Gasteiger partial charge in [0, 0.05) is 6.61 Å². The van der Waals surface area contributed by atoms with Crippen molar-refractivity contribution in [3.8, 4) is 0 Å². The van der Waals surface area contributed by atoms with Crippen molar-refractivity contribution in [1.29, 1.82) is 0 Å². The van der Waals surface area contributed by atoms with Crippen LogP contribution in [0.15, 0.2) is 73.4 Å². The first-order valence-corrected chi connectivity index (χ1v) is 12.6. The number of carbonyl (C=O) groups is 2. The quantitative estimate of drug-likeness (QED) is 0.289. The molecule has 44 heavy (non-hydrogen) atoms. The van der Waals surface area contributed by atoms with Crippen molar-refractivity contribution in [2.45, 2.75) is 6.92 Å². The number of quaternary nitrogens is 2. The SMILES string of the molecule is C1=C[N-]c2c3c(ccc2=C1)=CC=C[N-]3.C1=C[N-]c2c3c(ccc2=C1)=CC=C[N-]3.CCO.O.O.[La+3].[NH3+]CC(=O)[O-].[NH3+]CC(=O)[O-]. The van der Waals surface area contributed by atoms with Crippen molar-refractivity contribution in [2.24, 2.45) is 0 Å². The summed E-state index contributed by atoms with van der Waals surface area (Å²) in [5, 5.41) is 47.9. The van der Waals surface area contributed by atoms with Crippen LogP contribution in [0.25, 0.3) is 45.6 Å². The van der Waals surface area contributed by atoms with Crippen molar-refractivity contribution >= 4 is 59.0 Å². The number of carboxylic acids is 2. The molecule has 0 saturated carbocycles. The molecule has 0 atom stereocenters. The van der Waals surface area contributed by atoms with Crippen LogP contribution in [0.3, 0.4) is 0 Å². The van der Waals surface area contributed by atoms with Crippen LogP contribution in [0, 0.1) is 35.6 Å². The second-order valence-corrected chi connectivity index (χ2v) is 7.99. The Morgan fingerprint density at radius 3 is 0.955 bits per heavy atom. The predicted octanol–water partition coefficient (Wildman–Crippen LogP) is -3.07. The Kier molecular flexibility index (Phi) is 22.5. The first kappa shape index (κ1) is 42.1. The zero-order chi connectivity index (χ0) is 30.0. The van der Waals surface area contributed by atoms with Crippen molar-refractivity contribution < 1.29 is 82.9 Å². The van der Waals surface area contributed by atoms with Crippen LogP contribution in [0.2, 0.25) is 0 Å². The molecule has 232 valence electrons. The maximum atomic E-state index is 9.19. The van der Waals surface area contributed by atoms with Crippen molar-refractivity contribution in [3.05, 3.63) is 116 Å². The van der Waals surface area contributed by atoms with Gasteiger partial charge in [-0.15, -0.1) is 22.7 Å². The number of allylic oxidation sites excluding steroid dienone is 4. The van der Waals surface area contributed by atoms with E-state index in [1.807, 2.05) is 24.3 Å². The van der Waals surface area contributed by atoms with Crippen molar-refractivity contribution in [3.63, 3.8) is 0 Å². The molecule has 4 aliphatic rings. The molecule has 0 aliphatic carbocycles. The molecular weight excluding hydrogens is 695 g/mol. The number of aliphatic hydroxyl groups is 1. The Morgan fingerprint density at radius 1 is 0.614 bits per heavy atom. The predicted molar refractivity (Wildman–Crippen MR) is 163 cm³/mol. The Hall–Kier alpha value is -3.99. The topological polar surface area (TPSA) is 275 Å². The van der Waals surface area contributed by atoms with Crippen LogP contribution < -0.4 is 42.6 Å². The fourth-order valence-corrected chi connectivity index (χ4v) is 3.36. The molecule has 6 rings (SSSR count). The summed E-state index contributed by atoms with van der Waals surface area (Å²) in [5.74, 6) is -2.21. The second-order valence-electron chi connectivity index (χ2n) is 7.99. The summed E-state index contributed by atoms with van der Waals surface area (Å²) in [6.45, 7) is 1.65. The Labute approximate surface area is 282 Å². The van der Waals surface area contributed by atoms with Gasteiger partial charge < -0.3 is 68.6 Å².